The highest BCUT2D eigenvalue weighted by atomic mass is 14.9. The molecule has 0 spiro atoms. The quantitative estimate of drug-likeness (QED) is 0.116. The first-order chi connectivity index (χ1) is 19.8. The lowest BCUT2D eigenvalue weighted by atomic mass is 10.1. The third kappa shape index (κ3) is 8.04. The van der Waals surface area contributed by atoms with Gasteiger partial charge in [-0.05, 0) is 41.5 Å². The van der Waals surface area contributed by atoms with Crippen LogP contribution in [0.1, 0.15) is 36.8 Å². The summed E-state index contributed by atoms with van der Waals surface area (Å²) in [6, 6.07) is 37.8. The Morgan fingerprint density at radius 2 is 0.900 bits per heavy atom. The molecule has 0 aliphatic heterocycles. The van der Waals surface area contributed by atoms with Gasteiger partial charge in [-0.1, -0.05) is 90.4 Å². The van der Waals surface area contributed by atoms with Crippen LogP contribution in [-0.4, -0.2) is 0 Å². The molecule has 0 aliphatic rings. The van der Waals surface area contributed by atoms with Crippen LogP contribution in [0.25, 0.3) is 22.3 Å². The van der Waals surface area contributed by atoms with E-state index in [1.165, 1.54) is 22.3 Å². The predicted octanol–water partition coefficient (Wildman–Crippen LogP) is 7.26. The standard InChI is InChI=1S/C38H34N2/c1-7-20-35(21-8-1)37-24-14-28-39(31-37)26-11-3-5-16-33-18-13-19-34(30-33)17-6-4-12-27-40-29-15-25-38(32-40)36-22-9-2-10-23-36/h1-2,7-10,13-15,18-25,28-32H,3-4,11-12,26-27H2/q+2. The van der Waals surface area contributed by atoms with Crippen LogP contribution < -0.4 is 9.13 Å². The number of nitrogens with zero attached hydrogens (tertiary/aromatic N) is 2. The fourth-order valence-electron chi connectivity index (χ4n) is 4.63. The van der Waals surface area contributed by atoms with E-state index in [0.717, 1.165) is 49.9 Å². The first-order valence-electron chi connectivity index (χ1n) is 14.0. The Bertz CT molecular complexity index is 1530. The summed E-state index contributed by atoms with van der Waals surface area (Å²) in [5, 5.41) is 0. The van der Waals surface area contributed by atoms with Crippen molar-refractivity contribution in [1.82, 2.24) is 0 Å². The van der Waals surface area contributed by atoms with E-state index in [1.54, 1.807) is 0 Å². The van der Waals surface area contributed by atoms with Crippen molar-refractivity contribution in [3.8, 4) is 45.9 Å². The highest BCUT2D eigenvalue weighted by Crippen LogP contribution is 2.17. The number of rotatable bonds is 8. The topological polar surface area (TPSA) is 7.76 Å². The molecular weight excluding hydrogens is 484 g/mol. The zero-order valence-electron chi connectivity index (χ0n) is 22.8. The van der Waals surface area contributed by atoms with Gasteiger partial charge in [-0.15, -0.1) is 0 Å². The minimum absolute atomic E-state index is 0.863. The number of pyridine rings is 2. The SMILES string of the molecule is C(#Cc1cccc(C#CCCC[n+]2cccc(-c3ccccc3)c2)c1)CCC[n+]1cccc(-c2ccccc2)c1. The van der Waals surface area contributed by atoms with Crippen molar-refractivity contribution in [2.45, 2.75) is 38.8 Å². The number of aromatic nitrogens is 2. The van der Waals surface area contributed by atoms with E-state index < -0.39 is 0 Å². The van der Waals surface area contributed by atoms with Gasteiger partial charge in [-0.25, -0.2) is 9.13 Å². The van der Waals surface area contributed by atoms with Crippen LogP contribution in [0.2, 0.25) is 0 Å². The molecule has 0 unspecified atom stereocenters. The number of hydrogen-bond donors (Lipinski definition) is 0. The van der Waals surface area contributed by atoms with Crippen molar-refractivity contribution >= 4 is 0 Å². The molecule has 0 saturated heterocycles. The van der Waals surface area contributed by atoms with Crippen molar-refractivity contribution in [2.75, 3.05) is 0 Å². The molecule has 0 aliphatic carbocycles. The number of hydrogen-bond acceptors (Lipinski definition) is 0. The van der Waals surface area contributed by atoms with Gasteiger partial charge in [0.15, 0.2) is 24.8 Å². The third-order valence-corrected chi connectivity index (χ3v) is 6.69. The van der Waals surface area contributed by atoms with E-state index in [4.69, 9.17) is 0 Å². The first-order valence-corrected chi connectivity index (χ1v) is 14.0. The Morgan fingerprint density at radius 1 is 0.450 bits per heavy atom. The molecule has 0 atom stereocenters. The van der Waals surface area contributed by atoms with Crippen LogP contribution in [0.3, 0.4) is 0 Å². The molecule has 2 heterocycles. The van der Waals surface area contributed by atoms with Crippen LogP contribution in [0.5, 0.6) is 0 Å². The second-order valence-electron chi connectivity index (χ2n) is 9.78. The Balaban J connectivity index is 1.07. The molecule has 2 aromatic heterocycles. The smallest absolute Gasteiger partial charge is 0.176 e. The Hall–Kier alpha value is -4.92. The molecular formula is C38H34N2+2. The summed E-state index contributed by atoms with van der Waals surface area (Å²) in [6.07, 6.45) is 12.4. The van der Waals surface area contributed by atoms with Crippen molar-refractivity contribution in [2.24, 2.45) is 0 Å². The van der Waals surface area contributed by atoms with E-state index in [2.05, 4.69) is 161 Å². The zero-order valence-corrected chi connectivity index (χ0v) is 22.8. The molecule has 194 valence electrons. The number of aryl methyl sites for hydroxylation is 2. The fraction of sp³-hybridized carbons (Fsp3) is 0.158. The van der Waals surface area contributed by atoms with E-state index in [-0.39, 0.29) is 0 Å². The lowest BCUT2D eigenvalue weighted by Gasteiger charge is -2.00. The van der Waals surface area contributed by atoms with Crippen molar-refractivity contribution in [1.29, 1.82) is 0 Å². The second kappa shape index (κ2) is 14.3. The maximum Gasteiger partial charge on any atom is 0.176 e. The average Bonchev–Trinajstić information content (AvgIpc) is 3.02. The zero-order chi connectivity index (χ0) is 27.2. The molecule has 5 aromatic rings. The van der Waals surface area contributed by atoms with Crippen molar-refractivity contribution in [3.63, 3.8) is 0 Å². The minimum atomic E-state index is 0.863. The molecule has 2 heteroatoms. The average molecular weight is 519 g/mol. The molecule has 3 aromatic carbocycles. The Labute approximate surface area is 238 Å². The highest BCUT2D eigenvalue weighted by molar-refractivity contribution is 5.61. The van der Waals surface area contributed by atoms with Gasteiger partial charge in [0.05, 0.1) is 0 Å². The lowest BCUT2D eigenvalue weighted by Crippen LogP contribution is -2.32. The lowest BCUT2D eigenvalue weighted by molar-refractivity contribution is -0.696. The summed E-state index contributed by atoms with van der Waals surface area (Å²) in [5.74, 6) is 13.3. The molecule has 0 radical (unpaired) electrons. The Kier molecular flexibility index (Phi) is 9.53. The van der Waals surface area contributed by atoms with Gasteiger partial charge in [0.2, 0.25) is 0 Å². The Morgan fingerprint density at radius 3 is 1.38 bits per heavy atom. The number of benzene rings is 3. The van der Waals surface area contributed by atoms with Crippen LogP contribution in [0.15, 0.2) is 134 Å². The summed E-state index contributed by atoms with van der Waals surface area (Å²) in [6.45, 7) is 1.91. The minimum Gasteiger partial charge on any atom is -0.204 e. The second-order valence-corrected chi connectivity index (χ2v) is 9.78. The molecule has 0 bridgehead atoms. The summed E-state index contributed by atoms with van der Waals surface area (Å²) < 4.78 is 4.50. The van der Waals surface area contributed by atoms with Gasteiger partial charge in [0.25, 0.3) is 0 Å². The first kappa shape index (κ1) is 26.7. The van der Waals surface area contributed by atoms with Crippen LogP contribution in [-0.2, 0) is 13.1 Å². The van der Waals surface area contributed by atoms with Crippen LogP contribution in [0, 0.1) is 23.7 Å². The summed E-state index contributed by atoms with van der Waals surface area (Å²) >= 11 is 0. The van der Waals surface area contributed by atoms with Crippen molar-refractivity contribution < 1.29 is 9.13 Å². The molecule has 2 nitrogen and oxygen atoms in total. The normalized spacial score (nSPS) is 10.2. The third-order valence-electron chi connectivity index (χ3n) is 6.69. The van der Waals surface area contributed by atoms with E-state index >= 15 is 0 Å². The maximum atomic E-state index is 3.34. The van der Waals surface area contributed by atoms with Gasteiger partial charge in [0, 0.05) is 60.1 Å². The summed E-state index contributed by atoms with van der Waals surface area (Å²) in [7, 11) is 0. The predicted molar refractivity (Wildman–Crippen MR) is 163 cm³/mol. The van der Waals surface area contributed by atoms with E-state index in [0.29, 0.717) is 0 Å². The van der Waals surface area contributed by atoms with Gasteiger partial charge >= 0.3 is 0 Å². The molecule has 0 fully saturated rings. The largest absolute Gasteiger partial charge is 0.204 e. The van der Waals surface area contributed by atoms with Gasteiger partial charge in [-0.2, -0.15) is 0 Å². The van der Waals surface area contributed by atoms with Crippen LogP contribution >= 0.6 is 0 Å². The van der Waals surface area contributed by atoms with Crippen molar-refractivity contribution in [3.05, 3.63) is 145 Å². The monoisotopic (exact) mass is 518 g/mol. The highest BCUT2D eigenvalue weighted by Gasteiger charge is 2.05. The maximum absolute atomic E-state index is 3.34. The molecule has 0 N–H and O–H groups in total. The van der Waals surface area contributed by atoms with E-state index in [1.807, 2.05) is 6.07 Å². The summed E-state index contributed by atoms with van der Waals surface area (Å²) in [4.78, 5) is 0. The molecule has 5 rings (SSSR count). The van der Waals surface area contributed by atoms with Crippen LogP contribution in [0.4, 0.5) is 0 Å². The molecule has 0 saturated carbocycles. The molecule has 0 amide bonds. The summed E-state index contributed by atoms with van der Waals surface area (Å²) in [5.41, 5.74) is 7.02. The molecule has 40 heavy (non-hydrogen) atoms. The fourth-order valence-corrected chi connectivity index (χ4v) is 4.63. The van der Waals surface area contributed by atoms with Gasteiger partial charge < -0.3 is 0 Å². The van der Waals surface area contributed by atoms with Gasteiger partial charge in [0.1, 0.15) is 13.1 Å². The van der Waals surface area contributed by atoms with E-state index in [9.17, 15) is 0 Å². The van der Waals surface area contributed by atoms with Gasteiger partial charge in [-0.3, -0.25) is 0 Å². The number of unbranched alkanes of at least 4 members (excludes halogenated alkanes) is 2.